The molecule has 0 spiro atoms. The molecule has 2 heterocycles. The fourth-order valence-electron chi connectivity index (χ4n) is 1.92. The fraction of sp³-hybridized carbons (Fsp3) is 0.429. The molecule has 6 heteroatoms. The number of nitrogens with zero attached hydrogens (tertiary/aromatic N) is 2. The van der Waals surface area contributed by atoms with Gasteiger partial charge in [-0.3, -0.25) is 0 Å². The normalized spacial score (nSPS) is 12.3. The second kappa shape index (κ2) is 7.71. The van der Waals surface area contributed by atoms with E-state index in [1.807, 2.05) is 6.07 Å². The molecular formula is C14H18BrN3OS. The van der Waals surface area contributed by atoms with Crippen molar-refractivity contribution in [1.29, 1.82) is 0 Å². The topological polar surface area (TPSA) is 47.0 Å². The van der Waals surface area contributed by atoms with Crippen LogP contribution in [0.4, 0.5) is 0 Å². The Morgan fingerprint density at radius 3 is 2.90 bits per heavy atom. The predicted molar refractivity (Wildman–Crippen MR) is 85.3 cm³/mol. The van der Waals surface area contributed by atoms with Gasteiger partial charge in [-0.05, 0) is 35.0 Å². The Morgan fingerprint density at radius 2 is 2.25 bits per heavy atom. The molecule has 1 atom stereocenters. The predicted octanol–water partition coefficient (Wildman–Crippen LogP) is 3.59. The zero-order valence-electron chi connectivity index (χ0n) is 11.6. The van der Waals surface area contributed by atoms with Crippen molar-refractivity contribution in [3.63, 3.8) is 0 Å². The van der Waals surface area contributed by atoms with Gasteiger partial charge >= 0.3 is 0 Å². The summed E-state index contributed by atoms with van der Waals surface area (Å²) in [7, 11) is 1.62. The smallest absolute Gasteiger partial charge is 0.216 e. The van der Waals surface area contributed by atoms with Gasteiger partial charge in [-0.25, -0.2) is 9.97 Å². The summed E-state index contributed by atoms with van der Waals surface area (Å²) in [6, 6.07) is 4.23. The SMILES string of the molecule is CCCNC(Cc1cc(Br)cs1)c1cc(OC)ncn1. The molecular weight excluding hydrogens is 338 g/mol. The summed E-state index contributed by atoms with van der Waals surface area (Å²) in [5.74, 6) is 0.602. The van der Waals surface area contributed by atoms with E-state index >= 15 is 0 Å². The minimum atomic E-state index is 0.178. The molecule has 0 saturated carbocycles. The fourth-order valence-corrected chi connectivity index (χ4v) is 3.42. The Labute approximate surface area is 131 Å². The van der Waals surface area contributed by atoms with E-state index in [4.69, 9.17) is 4.74 Å². The van der Waals surface area contributed by atoms with Crippen molar-refractivity contribution < 1.29 is 4.74 Å². The van der Waals surface area contributed by atoms with E-state index in [1.54, 1.807) is 24.8 Å². The van der Waals surface area contributed by atoms with Crippen LogP contribution in [0.2, 0.25) is 0 Å². The first kappa shape index (κ1) is 15.4. The minimum Gasteiger partial charge on any atom is -0.481 e. The van der Waals surface area contributed by atoms with Gasteiger partial charge in [0.15, 0.2) is 0 Å². The summed E-state index contributed by atoms with van der Waals surface area (Å²) in [6.45, 7) is 3.12. The maximum absolute atomic E-state index is 5.18. The molecule has 4 nitrogen and oxygen atoms in total. The van der Waals surface area contributed by atoms with Crippen molar-refractivity contribution in [1.82, 2.24) is 15.3 Å². The number of ether oxygens (including phenoxy) is 1. The molecule has 1 N–H and O–H groups in total. The quantitative estimate of drug-likeness (QED) is 0.824. The second-order valence-electron chi connectivity index (χ2n) is 4.43. The number of hydrogen-bond acceptors (Lipinski definition) is 5. The minimum absolute atomic E-state index is 0.178. The molecule has 0 amide bonds. The van der Waals surface area contributed by atoms with Crippen molar-refractivity contribution in [3.05, 3.63) is 38.9 Å². The Balaban J connectivity index is 2.17. The van der Waals surface area contributed by atoms with Crippen molar-refractivity contribution in [3.8, 4) is 5.88 Å². The number of rotatable bonds is 7. The van der Waals surface area contributed by atoms with Gasteiger partial charge < -0.3 is 10.1 Å². The molecule has 0 bridgehead atoms. The maximum atomic E-state index is 5.18. The average Bonchev–Trinajstić information content (AvgIpc) is 2.88. The van der Waals surface area contributed by atoms with Crippen LogP contribution >= 0.6 is 27.3 Å². The Morgan fingerprint density at radius 1 is 1.40 bits per heavy atom. The number of methoxy groups -OCH3 is 1. The molecule has 20 heavy (non-hydrogen) atoms. The van der Waals surface area contributed by atoms with E-state index in [2.05, 4.69) is 49.6 Å². The Hall–Kier alpha value is -0.980. The molecule has 0 aliphatic rings. The van der Waals surface area contributed by atoms with E-state index in [9.17, 15) is 0 Å². The number of aromatic nitrogens is 2. The van der Waals surface area contributed by atoms with Gasteiger partial charge in [0.05, 0.1) is 18.8 Å². The molecule has 0 fully saturated rings. The summed E-state index contributed by atoms with van der Waals surface area (Å²) in [4.78, 5) is 9.77. The summed E-state index contributed by atoms with van der Waals surface area (Å²) in [5.41, 5.74) is 0.967. The van der Waals surface area contributed by atoms with Crippen LogP contribution in [-0.2, 0) is 6.42 Å². The van der Waals surface area contributed by atoms with Gasteiger partial charge in [-0.2, -0.15) is 0 Å². The summed E-state index contributed by atoms with van der Waals surface area (Å²) >= 11 is 5.25. The molecule has 1 unspecified atom stereocenters. The standard InChI is InChI=1S/C14H18BrN3OS/c1-3-4-16-12(6-11-5-10(15)8-20-11)13-7-14(19-2)18-9-17-13/h5,7-9,12,16H,3-4,6H2,1-2H3. The zero-order chi connectivity index (χ0) is 14.4. The maximum Gasteiger partial charge on any atom is 0.216 e. The van der Waals surface area contributed by atoms with Crippen LogP contribution in [0.3, 0.4) is 0 Å². The highest BCUT2D eigenvalue weighted by atomic mass is 79.9. The number of halogens is 1. The Bertz CT molecular complexity index is 547. The van der Waals surface area contributed by atoms with Crippen LogP contribution in [0, 0.1) is 0 Å². The lowest BCUT2D eigenvalue weighted by molar-refractivity contribution is 0.393. The van der Waals surface area contributed by atoms with Crippen LogP contribution in [0.25, 0.3) is 0 Å². The first-order valence-electron chi connectivity index (χ1n) is 6.55. The molecule has 0 saturated heterocycles. The van der Waals surface area contributed by atoms with Gasteiger partial charge in [0.25, 0.3) is 0 Å². The van der Waals surface area contributed by atoms with Gasteiger partial charge in [0.1, 0.15) is 6.33 Å². The summed E-state index contributed by atoms with van der Waals surface area (Å²) < 4.78 is 6.31. The van der Waals surface area contributed by atoms with Crippen LogP contribution < -0.4 is 10.1 Å². The highest BCUT2D eigenvalue weighted by Crippen LogP contribution is 2.25. The van der Waals surface area contributed by atoms with E-state index in [0.717, 1.165) is 29.6 Å². The third kappa shape index (κ3) is 4.26. The number of thiophene rings is 1. The first-order chi connectivity index (χ1) is 9.72. The highest BCUT2D eigenvalue weighted by molar-refractivity contribution is 9.10. The highest BCUT2D eigenvalue weighted by Gasteiger charge is 2.15. The van der Waals surface area contributed by atoms with Crippen LogP contribution in [-0.4, -0.2) is 23.6 Å². The molecule has 0 aliphatic carbocycles. The van der Waals surface area contributed by atoms with E-state index in [0.29, 0.717) is 5.88 Å². The van der Waals surface area contributed by atoms with Crippen molar-refractivity contribution in [2.75, 3.05) is 13.7 Å². The monoisotopic (exact) mass is 355 g/mol. The molecule has 0 aliphatic heterocycles. The van der Waals surface area contributed by atoms with Crippen LogP contribution in [0.5, 0.6) is 5.88 Å². The van der Waals surface area contributed by atoms with Crippen LogP contribution in [0.1, 0.15) is 30.0 Å². The lowest BCUT2D eigenvalue weighted by atomic mass is 10.1. The van der Waals surface area contributed by atoms with E-state index < -0.39 is 0 Å². The Kier molecular flexibility index (Phi) is 5.94. The molecule has 108 valence electrons. The molecule has 0 radical (unpaired) electrons. The number of hydrogen-bond donors (Lipinski definition) is 1. The van der Waals surface area contributed by atoms with E-state index in [-0.39, 0.29) is 6.04 Å². The molecule has 0 aromatic carbocycles. The van der Waals surface area contributed by atoms with Gasteiger partial charge in [0, 0.05) is 27.2 Å². The van der Waals surface area contributed by atoms with Crippen molar-refractivity contribution >= 4 is 27.3 Å². The average molecular weight is 356 g/mol. The number of nitrogens with one attached hydrogen (secondary N) is 1. The molecule has 2 rings (SSSR count). The summed E-state index contributed by atoms with van der Waals surface area (Å²) in [6.07, 6.45) is 3.56. The second-order valence-corrected chi connectivity index (χ2v) is 6.34. The zero-order valence-corrected chi connectivity index (χ0v) is 14.0. The third-order valence-corrected chi connectivity index (χ3v) is 4.62. The molecule has 2 aromatic rings. The van der Waals surface area contributed by atoms with Gasteiger partial charge in [-0.15, -0.1) is 11.3 Å². The van der Waals surface area contributed by atoms with Gasteiger partial charge in [0.2, 0.25) is 5.88 Å². The lowest BCUT2D eigenvalue weighted by Gasteiger charge is -2.17. The summed E-state index contributed by atoms with van der Waals surface area (Å²) in [5, 5.41) is 5.64. The first-order valence-corrected chi connectivity index (χ1v) is 8.22. The van der Waals surface area contributed by atoms with Crippen LogP contribution in [0.15, 0.2) is 28.3 Å². The molecule has 2 aromatic heterocycles. The van der Waals surface area contributed by atoms with Crippen molar-refractivity contribution in [2.45, 2.75) is 25.8 Å². The van der Waals surface area contributed by atoms with Crippen molar-refractivity contribution in [2.24, 2.45) is 0 Å². The van der Waals surface area contributed by atoms with Gasteiger partial charge in [-0.1, -0.05) is 6.92 Å². The third-order valence-electron chi connectivity index (χ3n) is 2.90. The lowest BCUT2D eigenvalue weighted by Crippen LogP contribution is -2.24. The van der Waals surface area contributed by atoms with E-state index in [1.165, 1.54) is 4.88 Å². The largest absolute Gasteiger partial charge is 0.481 e.